The van der Waals surface area contributed by atoms with Crippen LogP contribution in [-0.4, -0.2) is 29.2 Å². The van der Waals surface area contributed by atoms with Crippen LogP contribution in [0.15, 0.2) is 0 Å². The number of aldehydes is 1. The van der Waals surface area contributed by atoms with Crippen LogP contribution in [-0.2, 0) is 14.4 Å². The predicted octanol–water partition coefficient (Wildman–Crippen LogP) is 5.19. The first kappa shape index (κ1) is 25.8. The van der Waals surface area contributed by atoms with Crippen molar-refractivity contribution in [1.29, 1.82) is 0 Å². The Balaban J connectivity index is 3.19. The van der Waals surface area contributed by atoms with Gasteiger partial charge in [0.05, 0.1) is 6.04 Å². The molecule has 27 heavy (non-hydrogen) atoms. The lowest BCUT2D eigenvalue weighted by Gasteiger charge is -2.08. The van der Waals surface area contributed by atoms with Gasteiger partial charge in [-0.15, -0.1) is 0 Å². The molecule has 0 heterocycles. The maximum Gasteiger partial charge on any atom is 0.303 e. The lowest BCUT2D eigenvalue weighted by molar-refractivity contribution is -0.137. The summed E-state index contributed by atoms with van der Waals surface area (Å²) in [5, 5.41) is 8.56. The smallest absolute Gasteiger partial charge is 0.303 e. The molecule has 0 aliphatic rings. The molecule has 0 saturated heterocycles. The number of hydrogen-bond acceptors (Lipinski definition) is 4. The van der Waals surface area contributed by atoms with Crippen LogP contribution in [0.2, 0.25) is 0 Å². The predicted molar refractivity (Wildman–Crippen MR) is 110 cm³/mol. The number of hydrogen-bond donors (Lipinski definition) is 2. The topological polar surface area (TPSA) is 97.5 Å². The maximum atomic E-state index is 11.7. The van der Waals surface area contributed by atoms with Gasteiger partial charge in [0.1, 0.15) is 12.1 Å². The highest BCUT2D eigenvalue weighted by Gasteiger charge is 2.11. The summed E-state index contributed by atoms with van der Waals surface area (Å²) >= 11 is 0. The van der Waals surface area contributed by atoms with E-state index in [0.717, 1.165) is 38.4 Å². The molecule has 3 N–H and O–H groups in total. The molecule has 0 radical (unpaired) electrons. The fourth-order valence-electron chi connectivity index (χ4n) is 3.29. The Kier molecular flexibility index (Phi) is 18.6. The minimum atomic E-state index is -0.682. The third kappa shape index (κ3) is 19.3. The molecule has 0 aromatic carbocycles. The number of carboxylic acid groups (broad SMARTS) is 1. The third-order valence-electron chi connectivity index (χ3n) is 5.07. The summed E-state index contributed by atoms with van der Waals surface area (Å²) in [6.07, 6.45) is 19.0. The van der Waals surface area contributed by atoms with Crippen LogP contribution in [0.1, 0.15) is 116 Å². The molecular weight excluding hydrogens is 342 g/mol. The van der Waals surface area contributed by atoms with Gasteiger partial charge in [-0.25, -0.2) is 0 Å². The normalized spacial score (nSPS) is 12.0. The van der Waals surface area contributed by atoms with E-state index >= 15 is 0 Å². The van der Waals surface area contributed by atoms with Gasteiger partial charge in [-0.05, 0) is 19.3 Å². The Morgan fingerprint density at radius 1 is 0.704 bits per heavy atom. The molecule has 5 nitrogen and oxygen atoms in total. The molecule has 1 unspecified atom stereocenters. The standard InChI is InChI=1S/C22H41NO4/c23-20(16-15-19-24)21(25)17-13-11-9-7-5-3-1-2-4-6-8-10-12-14-18-22(26)27/h19-20H,1-18,23H2,(H,26,27). The molecule has 0 aromatic rings. The summed E-state index contributed by atoms with van der Waals surface area (Å²) in [6, 6.07) is -0.458. The molecule has 158 valence electrons. The zero-order valence-electron chi connectivity index (χ0n) is 17.1. The molecule has 0 saturated carbocycles. The number of carbonyl (C=O) groups excluding carboxylic acids is 2. The zero-order valence-corrected chi connectivity index (χ0v) is 17.1. The number of carboxylic acids is 1. The van der Waals surface area contributed by atoms with Crippen molar-refractivity contribution in [2.45, 2.75) is 122 Å². The highest BCUT2D eigenvalue weighted by atomic mass is 16.4. The van der Waals surface area contributed by atoms with E-state index in [2.05, 4.69) is 0 Å². The third-order valence-corrected chi connectivity index (χ3v) is 5.07. The quantitative estimate of drug-likeness (QED) is 0.210. The summed E-state index contributed by atoms with van der Waals surface area (Å²) in [5.41, 5.74) is 5.74. The molecule has 0 aliphatic carbocycles. The van der Waals surface area contributed by atoms with Crippen LogP contribution in [0, 0.1) is 0 Å². The average molecular weight is 384 g/mol. The summed E-state index contributed by atoms with van der Waals surface area (Å²) < 4.78 is 0. The largest absolute Gasteiger partial charge is 0.481 e. The Bertz CT molecular complexity index is 385. The van der Waals surface area contributed by atoms with E-state index in [1.165, 1.54) is 57.8 Å². The van der Waals surface area contributed by atoms with Crippen LogP contribution in [0.3, 0.4) is 0 Å². The van der Waals surface area contributed by atoms with E-state index in [4.69, 9.17) is 10.8 Å². The van der Waals surface area contributed by atoms with E-state index in [1.807, 2.05) is 0 Å². The number of nitrogens with two attached hydrogens (primary N) is 1. The number of carbonyl (C=O) groups is 3. The number of rotatable bonds is 21. The monoisotopic (exact) mass is 383 g/mol. The molecule has 0 spiro atoms. The molecule has 0 rings (SSSR count). The first-order chi connectivity index (χ1) is 13.1. The second kappa shape index (κ2) is 19.5. The van der Waals surface area contributed by atoms with Gasteiger partial charge in [0.2, 0.25) is 0 Å². The first-order valence-corrected chi connectivity index (χ1v) is 11.0. The van der Waals surface area contributed by atoms with Crippen molar-refractivity contribution in [3.05, 3.63) is 0 Å². The fourth-order valence-corrected chi connectivity index (χ4v) is 3.29. The number of ketones is 1. The first-order valence-electron chi connectivity index (χ1n) is 11.0. The Morgan fingerprint density at radius 2 is 1.07 bits per heavy atom. The molecule has 0 fully saturated rings. The van der Waals surface area contributed by atoms with Crippen molar-refractivity contribution in [1.82, 2.24) is 0 Å². The van der Waals surface area contributed by atoms with Gasteiger partial charge >= 0.3 is 5.97 Å². The number of Topliss-reactive ketones (excluding diaryl/α,β-unsaturated/α-hetero) is 1. The highest BCUT2D eigenvalue weighted by Crippen LogP contribution is 2.14. The van der Waals surface area contributed by atoms with Crippen LogP contribution < -0.4 is 5.73 Å². The van der Waals surface area contributed by atoms with Crippen molar-refractivity contribution in [2.24, 2.45) is 5.73 Å². The molecular formula is C22H41NO4. The van der Waals surface area contributed by atoms with Crippen molar-refractivity contribution in [3.63, 3.8) is 0 Å². The lowest BCUT2D eigenvalue weighted by atomic mass is 10.0. The maximum absolute atomic E-state index is 11.7. The minimum Gasteiger partial charge on any atom is -0.481 e. The number of unbranched alkanes of at least 4 members (excludes halogenated alkanes) is 13. The molecule has 1 atom stereocenters. The van der Waals surface area contributed by atoms with Crippen molar-refractivity contribution in [3.8, 4) is 0 Å². The Hall–Kier alpha value is -1.23. The van der Waals surface area contributed by atoms with E-state index in [1.54, 1.807) is 0 Å². The van der Waals surface area contributed by atoms with Gasteiger partial charge in [-0.1, -0.05) is 77.0 Å². The molecule has 0 aliphatic heterocycles. The van der Waals surface area contributed by atoms with Gasteiger partial charge in [0, 0.05) is 19.3 Å². The second-order valence-electron chi connectivity index (χ2n) is 7.66. The summed E-state index contributed by atoms with van der Waals surface area (Å²) in [6.45, 7) is 0. The summed E-state index contributed by atoms with van der Waals surface area (Å²) in [5.74, 6) is -0.586. The van der Waals surface area contributed by atoms with Gasteiger partial charge < -0.3 is 15.6 Å². The average Bonchev–Trinajstić information content (AvgIpc) is 2.65. The zero-order chi connectivity index (χ0) is 20.2. The van der Waals surface area contributed by atoms with Crippen LogP contribution in [0.5, 0.6) is 0 Å². The molecule has 5 heteroatoms. The van der Waals surface area contributed by atoms with E-state index in [0.29, 0.717) is 25.7 Å². The molecule has 0 bridgehead atoms. The minimum absolute atomic E-state index is 0.0961. The van der Waals surface area contributed by atoms with Gasteiger partial charge in [0.25, 0.3) is 0 Å². The number of aliphatic carboxylic acids is 1. The highest BCUT2D eigenvalue weighted by molar-refractivity contribution is 5.83. The van der Waals surface area contributed by atoms with Gasteiger partial charge in [-0.2, -0.15) is 0 Å². The van der Waals surface area contributed by atoms with Gasteiger partial charge in [-0.3, -0.25) is 9.59 Å². The van der Waals surface area contributed by atoms with E-state index in [-0.39, 0.29) is 5.78 Å². The second-order valence-corrected chi connectivity index (χ2v) is 7.66. The molecule has 0 aromatic heterocycles. The van der Waals surface area contributed by atoms with E-state index < -0.39 is 12.0 Å². The summed E-state index contributed by atoms with van der Waals surface area (Å²) in [7, 11) is 0. The lowest BCUT2D eigenvalue weighted by Crippen LogP contribution is -2.30. The van der Waals surface area contributed by atoms with Crippen molar-refractivity contribution < 1.29 is 19.5 Å². The van der Waals surface area contributed by atoms with E-state index in [9.17, 15) is 14.4 Å². The Labute approximate surface area is 165 Å². The van der Waals surface area contributed by atoms with Crippen molar-refractivity contribution in [2.75, 3.05) is 0 Å². The molecule has 0 amide bonds. The SMILES string of the molecule is NC(CCC=O)C(=O)CCCCCCCCCCCCCCCCC(=O)O. The van der Waals surface area contributed by atoms with Crippen LogP contribution in [0.4, 0.5) is 0 Å². The van der Waals surface area contributed by atoms with Gasteiger partial charge in [0.15, 0.2) is 0 Å². The van der Waals surface area contributed by atoms with Crippen LogP contribution in [0.25, 0.3) is 0 Å². The van der Waals surface area contributed by atoms with Crippen LogP contribution >= 0.6 is 0 Å². The summed E-state index contributed by atoms with van der Waals surface area (Å²) in [4.78, 5) is 32.4. The van der Waals surface area contributed by atoms with Crippen molar-refractivity contribution >= 4 is 18.0 Å². The Morgan fingerprint density at radius 3 is 1.44 bits per heavy atom. The fraction of sp³-hybridized carbons (Fsp3) is 0.864.